The number of hydrogen-bond acceptors (Lipinski definition) is 4. The molecule has 0 bridgehead atoms. The first-order valence-corrected chi connectivity index (χ1v) is 8.72. The van der Waals surface area contributed by atoms with Crippen molar-refractivity contribution >= 4 is 0 Å². The van der Waals surface area contributed by atoms with Gasteiger partial charge in [0.25, 0.3) is 0 Å². The summed E-state index contributed by atoms with van der Waals surface area (Å²) in [5.74, 6) is 1.27. The third-order valence-corrected chi connectivity index (χ3v) is 4.55. The van der Waals surface area contributed by atoms with Crippen molar-refractivity contribution < 1.29 is 9.84 Å². The number of aryl methyl sites for hydroxylation is 2. The molecule has 130 valence electrons. The van der Waals surface area contributed by atoms with Crippen LogP contribution in [0, 0.1) is 13.8 Å². The van der Waals surface area contributed by atoms with Gasteiger partial charge in [0.1, 0.15) is 18.5 Å². The lowest BCUT2D eigenvalue weighted by Gasteiger charge is -2.33. The molecule has 1 aliphatic rings. The number of piperidine rings is 1. The maximum Gasteiger partial charge on any atom is 0.119 e. The summed E-state index contributed by atoms with van der Waals surface area (Å²) in [4.78, 5) is 2.32. The average molecular weight is 329 g/mol. The molecule has 0 radical (unpaired) electrons. The van der Waals surface area contributed by atoms with Crippen LogP contribution in [0.5, 0.6) is 5.75 Å². The van der Waals surface area contributed by atoms with Gasteiger partial charge in [0, 0.05) is 24.7 Å². The molecule has 2 heterocycles. The number of rotatable bonds is 6. The summed E-state index contributed by atoms with van der Waals surface area (Å²) in [7, 11) is 0. The normalized spacial score (nSPS) is 20.0. The fraction of sp³-hybridized carbons (Fsp3) is 0.526. The van der Waals surface area contributed by atoms with Crippen LogP contribution in [0.25, 0.3) is 0 Å². The quantitative estimate of drug-likeness (QED) is 0.855. The number of aliphatic hydroxyl groups excluding tert-OH is 1. The molecule has 5 heteroatoms. The predicted molar refractivity (Wildman–Crippen MR) is 94.4 cm³/mol. The van der Waals surface area contributed by atoms with Crippen molar-refractivity contribution in [3.05, 3.63) is 47.3 Å². The van der Waals surface area contributed by atoms with Crippen molar-refractivity contribution in [3.63, 3.8) is 0 Å². The van der Waals surface area contributed by atoms with Gasteiger partial charge in [-0.25, -0.2) is 0 Å². The Morgan fingerprint density at radius 2 is 2.25 bits per heavy atom. The second-order valence-corrected chi connectivity index (χ2v) is 6.86. The summed E-state index contributed by atoms with van der Waals surface area (Å²) in [6.07, 6.45) is 1.82. The Morgan fingerprint density at radius 3 is 3.00 bits per heavy atom. The molecule has 1 aliphatic heterocycles. The van der Waals surface area contributed by atoms with Gasteiger partial charge in [-0.3, -0.25) is 10.00 Å². The lowest BCUT2D eigenvalue weighted by atomic mass is 9.94. The van der Waals surface area contributed by atoms with E-state index in [4.69, 9.17) is 4.74 Å². The highest BCUT2D eigenvalue weighted by Gasteiger charge is 2.24. The van der Waals surface area contributed by atoms with Gasteiger partial charge in [-0.15, -0.1) is 0 Å². The van der Waals surface area contributed by atoms with E-state index >= 15 is 0 Å². The standard InChI is InChI=1S/C19H27N3O2/c1-14-5-3-7-18(9-14)24-13-17(23)12-22-8-4-6-16(11-22)19-10-15(2)20-21-19/h3,5,7,9-10,16-17,23H,4,6,8,11-13H2,1-2H3,(H,20,21)/t16-,17+/m1/s1. The van der Waals surface area contributed by atoms with Crippen molar-refractivity contribution in [1.29, 1.82) is 0 Å². The van der Waals surface area contributed by atoms with Crippen LogP contribution in [0.2, 0.25) is 0 Å². The molecule has 24 heavy (non-hydrogen) atoms. The lowest BCUT2D eigenvalue weighted by molar-refractivity contribution is 0.0580. The SMILES string of the molecule is Cc1cccc(OC[C@@H](O)CN2CCC[C@@H](c3cc(C)[nH]n3)C2)c1. The first-order valence-electron chi connectivity index (χ1n) is 8.72. The number of hydrogen-bond donors (Lipinski definition) is 2. The topological polar surface area (TPSA) is 61.4 Å². The number of ether oxygens (including phenoxy) is 1. The Balaban J connectivity index is 1.48. The Hall–Kier alpha value is -1.85. The summed E-state index contributed by atoms with van der Waals surface area (Å²) in [5.41, 5.74) is 3.41. The summed E-state index contributed by atoms with van der Waals surface area (Å²) < 4.78 is 5.71. The van der Waals surface area contributed by atoms with E-state index in [1.807, 2.05) is 38.1 Å². The van der Waals surface area contributed by atoms with Crippen molar-refractivity contribution in [1.82, 2.24) is 15.1 Å². The minimum Gasteiger partial charge on any atom is -0.491 e. The van der Waals surface area contributed by atoms with Gasteiger partial charge in [-0.1, -0.05) is 12.1 Å². The van der Waals surface area contributed by atoms with Crippen LogP contribution < -0.4 is 4.74 Å². The molecule has 2 N–H and O–H groups in total. The molecule has 0 amide bonds. The average Bonchev–Trinajstić information content (AvgIpc) is 3.00. The van der Waals surface area contributed by atoms with Gasteiger partial charge in [0.2, 0.25) is 0 Å². The minimum absolute atomic E-state index is 0.326. The van der Waals surface area contributed by atoms with Gasteiger partial charge in [-0.2, -0.15) is 5.10 Å². The second-order valence-electron chi connectivity index (χ2n) is 6.86. The Kier molecular flexibility index (Phi) is 5.53. The van der Waals surface area contributed by atoms with Gasteiger partial charge < -0.3 is 9.84 Å². The molecular weight excluding hydrogens is 302 g/mol. The van der Waals surface area contributed by atoms with E-state index in [-0.39, 0.29) is 0 Å². The maximum absolute atomic E-state index is 10.3. The fourth-order valence-corrected chi connectivity index (χ4v) is 3.36. The minimum atomic E-state index is -0.481. The number of aromatic amines is 1. The molecule has 1 fully saturated rings. The Labute approximate surface area is 143 Å². The van der Waals surface area contributed by atoms with Crippen molar-refractivity contribution in [2.24, 2.45) is 0 Å². The monoisotopic (exact) mass is 329 g/mol. The van der Waals surface area contributed by atoms with Gasteiger partial charge in [0.05, 0.1) is 5.69 Å². The van der Waals surface area contributed by atoms with Crippen LogP contribution in [0.1, 0.15) is 35.7 Å². The van der Waals surface area contributed by atoms with Gasteiger partial charge in [-0.05, 0) is 57.0 Å². The molecule has 0 saturated carbocycles. The van der Waals surface area contributed by atoms with Crippen LogP contribution in [0.3, 0.4) is 0 Å². The molecule has 2 aromatic rings. The van der Waals surface area contributed by atoms with E-state index < -0.39 is 6.10 Å². The van der Waals surface area contributed by atoms with E-state index in [0.29, 0.717) is 19.1 Å². The molecule has 1 aromatic heterocycles. The number of benzene rings is 1. The second kappa shape index (κ2) is 7.81. The summed E-state index contributed by atoms with van der Waals surface area (Å²) in [6, 6.07) is 10.1. The molecular formula is C19H27N3O2. The summed E-state index contributed by atoms with van der Waals surface area (Å²) in [6.45, 7) is 7.02. The molecule has 5 nitrogen and oxygen atoms in total. The van der Waals surface area contributed by atoms with Crippen molar-refractivity contribution in [2.45, 2.75) is 38.7 Å². The van der Waals surface area contributed by atoms with Crippen LogP contribution in [0.4, 0.5) is 0 Å². The van der Waals surface area contributed by atoms with Crippen molar-refractivity contribution in [2.75, 3.05) is 26.2 Å². The number of aromatic nitrogens is 2. The van der Waals surface area contributed by atoms with Gasteiger partial charge in [0.15, 0.2) is 0 Å². The summed E-state index contributed by atoms with van der Waals surface area (Å²) >= 11 is 0. The number of nitrogens with zero attached hydrogens (tertiary/aromatic N) is 2. The zero-order valence-electron chi connectivity index (χ0n) is 14.5. The maximum atomic E-state index is 10.3. The Morgan fingerprint density at radius 1 is 1.38 bits per heavy atom. The number of aliphatic hydroxyl groups is 1. The van der Waals surface area contributed by atoms with E-state index in [1.165, 1.54) is 0 Å². The first kappa shape index (κ1) is 17.0. The number of nitrogens with one attached hydrogen (secondary N) is 1. The highest BCUT2D eigenvalue weighted by atomic mass is 16.5. The van der Waals surface area contributed by atoms with Crippen LogP contribution in [-0.4, -0.2) is 52.5 Å². The highest BCUT2D eigenvalue weighted by Crippen LogP contribution is 2.26. The van der Waals surface area contributed by atoms with Gasteiger partial charge >= 0.3 is 0 Å². The molecule has 3 rings (SSSR count). The molecule has 2 atom stereocenters. The molecule has 0 unspecified atom stereocenters. The van der Waals surface area contributed by atoms with Crippen LogP contribution in [0.15, 0.2) is 30.3 Å². The zero-order valence-corrected chi connectivity index (χ0v) is 14.5. The first-order chi connectivity index (χ1) is 11.6. The summed E-state index contributed by atoms with van der Waals surface area (Å²) in [5, 5.41) is 17.7. The molecule has 1 saturated heterocycles. The predicted octanol–water partition coefficient (Wildman–Crippen LogP) is 2.65. The third kappa shape index (κ3) is 4.58. The van der Waals surface area contributed by atoms with E-state index in [0.717, 1.165) is 48.6 Å². The molecule has 0 aliphatic carbocycles. The van der Waals surface area contributed by atoms with Crippen LogP contribution in [-0.2, 0) is 0 Å². The highest BCUT2D eigenvalue weighted by molar-refractivity contribution is 5.27. The number of β-amino-alcohol motifs (C(OH)–C–C–N with tert-alkyl or cyclic N) is 1. The fourth-order valence-electron chi connectivity index (χ4n) is 3.36. The van der Waals surface area contributed by atoms with Crippen LogP contribution >= 0.6 is 0 Å². The van der Waals surface area contributed by atoms with E-state index in [1.54, 1.807) is 0 Å². The molecule has 0 spiro atoms. The molecule has 1 aromatic carbocycles. The zero-order chi connectivity index (χ0) is 16.9. The third-order valence-electron chi connectivity index (χ3n) is 4.55. The van der Waals surface area contributed by atoms with E-state index in [2.05, 4.69) is 21.2 Å². The largest absolute Gasteiger partial charge is 0.491 e. The number of likely N-dealkylation sites (tertiary alicyclic amines) is 1. The lowest BCUT2D eigenvalue weighted by Crippen LogP contribution is -2.41. The Bertz CT molecular complexity index is 656. The van der Waals surface area contributed by atoms with E-state index in [9.17, 15) is 5.11 Å². The van der Waals surface area contributed by atoms with Crippen molar-refractivity contribution in [3.8, 4) is 5.75 Å². The smallest absolute Gasteiger partial charge is 0.119 e. The number of H-pyrrole nitrogens is 1.